The lowest BCUT2D eigenvalue weighted by molar-refractivity contribution is -0.0138. The Balaban J connectivity index is 1.19. The molecule has 0 aliphatic carbocycles. The van der Waals surface area contributed by atoms with E-state index in [1.165, 1.54) is 5.56 Å². The second-order valence-electron chi connectivity index (χ2n) is 7.29. The molecule has 0 N–H and O–H groups in total. The molecule has 0 aromatic carbocycles. The van der Waals surface area contributed by atoms with Crippen molar-refractivity contribution in [3.63, 3.8) is 0 Å². The smallest absolute Gasteiger partial charge is 0.159 e. The Labute approximate surface area is 145 Å². The van der Waals surface area contributed by atoms with Gasteiger partial charge in [-0.1, -0.05) is 0 Å². The van der Waals surface area contributed by atoms with Gasteiger partial charge in [0.1, 0.15) is 6.33 Å². The van der Waals surface area contributed by atoms with Gasteiger partial charge in [0.2, 0.25) is 0 Å². The second kappa shape index (κ2) is 5.86. The summed E-state index contributed by atoms with van der Waals surface area (Å²) in [7, 11) is 0. The summed E-state index contributed by atoms with van der Waals surface area (Å²) in [6.45, 7) is 3.92. The van der Waals surface area contributed by atoms with Crippen molar-refractivity contribution in [3.8, 4) is 0 Å². The van der Waals surface area contributed by atoms with Crippen molar-refractivity contribution in [3.05, 3.63) is 54.5 Å². The average Bonchev–Trinajstić information content (AvgIpc) is 3.21. The van der Waals surface area contributed by atoms with Gasteiger partial charge in [-0.15, -0.1) is 0 Å². The number of hydrogen-bond donors (Lipinski definition) is 0. The third-order valence-electron chi connectivity index (χ3n) is 5.23. The summed E-state index contributed by atoms with van der Waals surface area (Å²) in [6.07, 6.45) is 13.3. The third-order valence-corrected chi connectivity index (χ3v) is 5.23. The zero-order valence-electron chi connectivity index (χ0n) is 14.0. The Morgan fingerprint density at radius 2 is 2.08 bits per heavy atom. The molecule has 7 nitrogen and oxygen atoms in total. The lowest BCUT2D eigenvalue weighted by atomic mass is 9.77. The molecule has 3 aromatic rings. The molecule has 0 unspecified atom stereocenters. The fraction of sp³-hybridized carbons (Fsp3) is 0.444. The number of hydrogen-bond acceptors (Lipinski definition) is 6. The van der Waals surface area contributed by atoms with Crippen molar-refractivity contribution < 1.29 is 4.74 Å². The predicted octanol–water partition coefficient (Wildman–Crippen LogP) is 1.35. The highest BCUT2D eigenvalue weighted by atomic mass is 16.5. The number of ether oxygens (including phenoxy) is 1. The van der Waals surface area contributed by atoms with Crippen LogP contribution in [0.15, 0.2) is 43.4 Å². The normalized spacial score (nSPS) is 22.5. The molecule has 25 heavy (non-hydrogen) atoms. The van der Waals surface area contributed by atoms with Crippen LogP contribution in [0.5, 0.6) is 0 Å². The number of aromatic nitrogens is 5. The number of likely N-dealkylation sites (tertiary alicyclic amines) is 1. The fourth-order valence-corrected chi connectivity index (χ4v) is 4.19. The molecule has 2 saturated heterocycles. The quantitative estimate of drug-likeness (QED) is 0.716. The lowest BCUT2D eigenvalue weighted by Crippen LogP contribution is -2.56. The van der Waals surface area contributed by atoms with E-state index in [0.717, 1.165) is 50.3 Å². The van der Waals surface area contributed by atoms with Crippen molar-refractivity contribution in [2.75, 3.05) is 19.7 Å². The highest BCUT2D eigenvalue weighted by molar-refractivity contribution is 5.45. The van der Waals surface area contributed by atoms with E-state index < -0.39 is 0 Å². The molecule has 2 fully saturated rings. The maximum atomic E-state index is 6.06. The summed E-state index contributed by atoms with van der Waals surface area (Å²) < 4.78 is 7.89. The molecule has 1 spiro atoms. The van der Waals surface area contributed by atoms with E-state index in [0.29, 0.717) is 5.41 Å². The summed E-state index contributed by atoms with van der Waals surface area (Å²) in [5.41, 5.74) is 3.61. The van der Waals surface area contributed by atoms with E-state index >= 15 is 0 Å². The van der Waals surface area contributed by atoms with Crippen LogP contribution in [0.3, 0.4) is 0 Å². The predicted molar refractivity (Wildman–Crippen MR) is 90.8 cm³/mol. The summed E-state index contributed by atoms with van der Waals surface area (Å²) in [5.74, 6) is 0. The summed E-state index contributed by atoms with van der Waals surface area (Å²) in [5, 5.41) is 4.37. The summed E-state index contributed by atoms with van der Waals surface area (Å²) in [4.78, 5) is 15.1. The van der Waals surface area contributed by atoms with E-state index in [2.05, 4.69) is 25.0 Å². The van der Waals surface area contributed by atoms with Gasteiger partial charge in [-0.25, -0.2) is 19.5 Å². The van der Waals surface area contributed by atoms with Crippen LogP contribution in [0.1, 0.15) is 17.5 Å². The van der Waals surface area contributed by atoms with Crippen molar-refractivity contribution in [2.45, 2.75) is 25.5 Å². The van der Waals surface area contributed by atoms with Gasteiger partial charge in [0.05, 0.1) is 18.9 Å². The molecular weight excluding hydrogens is 316 g/mol. The van der Waals surface area contributed by atoms with Gasteiger partial charge in [-0.2, -0.15) is 5.10 Å². The van der Waals surface area contributed by atoms with Crippen molar-refractivity contribution in [1.29, 1.82) is 0 Å². The zero-order chi connectivity index (χ0) is 16.7. The van der Waals surface area contributed by atoms with Gasteiger partial charge in [0, 0.05) is 61.8 Å². The minimum Gasteiger partial charge on any atom is -0.377 e. The molecule has 5 heterocycles. The minimum absolute atomic E-state index is 0.284. The Bertz CT molecular complexity index is 873. The number of fused-ring (bicyclic) bond motifs is 1. The van der Waals surface area contributed by atoms with Crippen LogP contribution in [0.4, 0.5) is 0 Å². The first-order chi connectivity index (χ1) is 12.3. The molecule has 2 aliphatic heterocycles. The van der Waals surface area contributed by atoms with Crippen molar-refractivity contribution in [2.24, 2.45) is 5.41 Å². The number of rotatable bonds is 4. The van der Waals surface area contributed by atoms with Crippen LogP contribution in [-0.2, 0) is 17.7 Å². The van der Waals surface area contributed by atoms with Crippen LogP contribution >= 0.6 is 0 Å². The molecule has 1 atom stereocenters. The van der Waals surface area contributed by atoms with Crippen LogP contribution in [0.25, 0.3) is 5.65 Å². The van der Waals surface area contributed by atoms with Crippen molar-refractivity contribution >= 4 is 5.65 Å². The zero-order valence-corrected chi connectivity index (χ0v) is 14.0. The van der Waals surface area contributed by atoms with E-state index in [1.807, 2.05) is 41.6 Å². The lowest BCUT2D eigenvalue weighted by Gasteiger charge is -2.47. The second-order valence-corrected chi connectivity index (χ2v) is 7.29. The van der Waals surface area contributed by atoms with Gasteiger partial charge in [0.15, 0.2) is 5.65 Å². The largest absolute Gasteiger partial charge is 0.377 e. The summed E-state index contributed by atoms with van der Waals surface area (Å²) in [6, 6.07) is 1.90. The molecule has 0 amide bonds. The third kappa shape index (κ3) is 2.79. The molecule has 2 aliphatic rings. The van der Waals surface area contributed by atoms with Crippen LogP contribution < -0.4 is 0 Å². The standard InChI is InChI=1S/C18H20N6O/c1-2-21-17-15(8-22-24(17)3-1)9-23-10-18(11-23)5-16(25-12-18)4-14-6-19-13-20-7-14/h1-3,6-8,13,16H,4-5,9-12H2/t16-/m1/s1. The number of nitrogens with zero attached hydrogens (tertiary/aromatic N) is 6. The maximum absolute atomic E-state index is 6.06. The molecule has 0 saturated carbocycles. The van der Waals surface area contributed by atoms with E-state index in [1.54, 1.807) is 6.33 Å². The first-order valence-electron chi connectivity index (χ1n) is 8.65. The Hall–Kier alpha value is -2.38. The van der Waals surface area contributed by atoms with Gasteiger partial charge in [-0.05, 0) is 18.1 Å². The van der Waals surface area contributed by atoms with Crippen LogP contribution in [0.2, 0.25) is 0 Å². The molecule has 128 valence electrons. The topological polar surface area (TPSA) is 68.4 Å². The average molecular weight is 336 g/mol. The van der Waals surface area contributed by atoms with Crippen molar-refractivity contribution in [1.82, 2.24) is 29.5 Å². The fourth-order valence-electron chi connectivity index (χ4n) is 4.19. The van der Waals surface area contributed by atoms with E-state index in [4.69, 9.17) is 4.74 Å². The minimum atomic E-state index is 0.284. The van der Waals surface area contributed by atoms with Gasteiger partial charge >= 0.3 is 0 Å². The van der Waals surface area contributed by atoms with Gasteiger partial charge < -0.3 is 4.74 Å². The first kappa shape index (κ1) is 14.9. The maximum Gasteiger partial charge on any atom is 0.159 e. The van der Waals surface area contributed by atoms with E-state index in [9.17, 15) is 0 Å². The van der Waals surface area contributed by atoms with Crippen LogP contribution in [-0.4, -0.2) is 55.3 Å². The van der Waals surface area contributed by atoms with Gasteiger partial charge in [0.25, 0.3) is 0 Å². The van der Waals surface area contributed by atoms with Crippen LogP contribution in [0, 0.1) is 5.41 Å². The molecular formula is C18H20N6O. The highest BCUT2D eigenvalue weighted by Crippen LogP contribution is 2.42. The molecule has 0 radical (unpaired) electrons. The van der Waals surface area contributed by atoms with E-state index in [-0.39, 0.29) is 6.10 Å². The SMILES string of the molecule is c1cnc2c(CN3CC4(CO[C@H](Cc5cncnc5)C4)C3)cnn2c1. The molecule has 0 bridgehead atoms. The Kier molecular flexibility index (Phi) is 3.50. The Morgan fingerprint density at radius 1 is 1.20 bits per heavy atom. The van der Waals surface area contributed by atoms with Gasteiger partial charge in [-0.3, -0.25) is 4.90 Å². The molecule has 3 aromatic heterocycles. The first-order valence-corrected chi connectivity index (χ1v) is 8.65. The molecule has 7 heteroatoms. The molecule has 5 rings (SSSR count). The monoisotopic (exact) mass is 336 g/mol. The summed E-state index contributed by atoms with van der Waals surface area (Å²) >= 11 is 0. The highest BCUT2D eigenvalue weighted by Gasteiger charge is 2.48. The Morgan fingerprint density at radius 3 is 2.96 bits per heavy atom.